The van der Waals surface area contributed by atoms with Gasteiger partial charge in [0.15, 0.2) is 11.5 Å². The molecule has 1 saturated carbocycles. The summed E-state index contributed by atoms with van der Waals surface area (Å²) >= 11 is 0. The molecule has 0 radical (unpaired) electrons. The first-order valence-electron chi connectivity index (χ1n) is 7.90. The molecule has 0 atom stereocenters. The number of rotatable bonds is 8. The molecule has 0 aromatic heterocycles. The zero-order chi connectivity index (χ0) is 15.1. The fourth-order valence-electron chi connectivity index (χ4n) is 2.81. The van der Waals surface area contributed by atoms with Gasteiger partial charge in [0.05, 0.1) is 12.7 Å². The molecule has 2 rings (SSSR count). The standard InChI is InChI=1S/C17H27NO3/c1-3-11-18-12-14-7-6-8-15(20-2)16(14)21-13-17(19)9-4-5-10-17/h6-8,18-19H,3-5,9-13H2,1-2H3. The first-order chi connectivity index (χ1) is 10.2. The van der Waals surface area contributed by atoms with Crippen LogP contribution in [-0.4, -0.2) is 31.0 Å². The fourth-order valence-corrected chi connectivity index (χ4v) is 2.81. The average Bonchev–Trinajstić information content (AvgIpc) is 2.93. The fraction of sp³-hybridized carbons (Fsp3) is 0.647. The molecule has 1 aliphatic carbocycles. The van der Waals surface area contributed by atoms with Gasteiger partial charge in [0.25, 0.3) is 0 Å². The van der Waals surface area contributed by atoms with Crippen LogP contribution in [0.5, 0.6) is 11.5 Å². The van der Waals surface area contributed by atoms with Crippen molar-refractivity contribution >= 4 is 0 Å². The van der Waals surface area contributed by atoms with Crippen molar-refractivity contribution in [1.29, 1.82) is 0 Å². The SMILES string of the molecule is CCCNCc1cccc(OC)c1OCC1(O)CCCC1. The van der Waals surface area contributed by atoms with E-state index in [0.717, 1.165) is 62.3 Å². The van der Waals surface area contributed by atoms with Gasteiger partial charge in [-0.25, -0.2) is 0 Å². The molecule has 0 spiro atoms. The lowest BCUT2D eigenvalue weighted by molar-refractivity contribution is 0.000426. The van der Waals surface area contributed by atoms with E-state index in [2.05, 4.69) is 12.2 Å². The van der Waals surface area contributed by atoms with Gasteiger partial charge in [-0.15, -0.1) is 0 Å². The van der Waals surface area contributed by atoms with Crippen LogP contribution in [0.4, 0.5) is 0 Å². The van der Waals surface area contributed by atoms with Crippen LogP contribution in [0.25, 0.3) is 0 Å². The van der Waals surface area contributed by atoms with Gasteiger partial charge in [-0.3, -0.25) is 0 Å². The molecule has 1 aromatic carbocycles. The predicted molar refractivity (Wildman–Crippen MR) is 83.9 cm³/mol. The van der Waals surface area contributed by atoms with E-state index in [4.69, 9.17) is 9.47 Å². The van der Waals surface area contributed by atoms with Crippen molar-refractivity contribution in [3.05, 3.63) is 23.8 Å². The van der Waals surface area contributed by atoms with Crippen molar-refractivity contribution in [1.82, 2.24) is 5.32 Å². The van der Waals surface area contributed by atoms with E-state index in [0.29, 0.717) is 6.61 Å². The van der Waals surface area contributed by atoms with Crippen molar-refractivity contribution in [2.45, 2.75) is 51.2 Å². The minimum atomic E-state index is -0.672. The van der Waals surface area contributed by atoms with Gasteiger partial charge in [-0.05, 0) is 31.9 Å². The summed E-state index contributed by atoms with van der Waals surface area (Å²) in [5.41, 5.74) is 0.402. The topological polar surface area (TPSA) is 50.7 Å². The molecular weight excluding hydrogens is 266 g/mol. The van der Waals surface area contributed by atoms with E-state index in [9.17, 15) is 5.11 Å². The largest absolute Gasteiger partial charge is 0.493 e. The Kier molecular flexibility index (Phi) is 5.88. The second kappa shape index (κ2) is 7.66. The molecule has 1 fully saturated rings. The van der Waals surface area contributed by atoms with Gasteiger partial charge in [0, 0.05) is 12.1 Å². The van der Waals surface area contributed by atoms with Crippen LogP contribution in [0.1, 0.15) is 44.6 Å². The van der Waals surface area contributed by atoms with E-state index < -0.39 is 5.60 Å². The van der Waals surface area contributed by atoms with Crippen molar-refractivity contribution in [3.63, 3.8) is 0 Å². The van der Waals surface area contributed by atoms with E-state index in [1.165, 1.54) is 0 Å². The molecule has 0 aliphatic heterocycles. The molecule has 2 N–H and O–H groups in total. The Hall–Kier alpha value is -1.26. The lowest BCUT2D eigenvalue weighted by Crippen LogP contribution is -2.32. The maximum Gasteiger partial charge on any atom is 0.165 e. The first kappa shape index (κ1) is 16.1. The molecule has 4 nitrogen and oxygen atoms in total. The Morgan fingerprint density at radius 1 is 1.29 bits per heavy atom. The predicted octanol–water partition coefficient (Wildman–Crippen LogP) is 2.88. The molecule has 21 heavy (non-hydrogen) atoms. The average molecular weight is 293 g/mol. The second-order valence-electron chi connectivity index (χ2n) is 5.85. The number of para-hydroxylation sites is 1. The highest BCUT2D eigenvalue weighted by Gasteiger charge is 2.32. The van der Waals surface area contributed by atoms with Gasteiger partial charge in [0.2, 0.25) is 0 Å². The van der Waals surface area contributed by atoms with E-state index in [1.807, 2.05) is 18.2 Å². The minimum absolute atomic E-state index is 0.341. The van der Waals surface area contributed by atoms with Gasteiger partial charge in [0.1, 0.15) is 6.61 Å². The molecule has 4 heteroatoms. The summed E-state index contributed by atoms with van der Waals surface area (Å²) in [6.07, 6.45) is 4.91. The monoisotopic (exact) mass is 293 g/mol. The Bertz CT molecular complexity index is 442. The highest BCUT2D eigenvalue weighted by Crippen LogP contribution is 2.34. The summed E-state index contributed by atoms with van der Waals surface area (Å²) in [7, 11) is 1.65. The quantitative estimate of drug-likeness (QED) is 0.724. The third-order valence-corrected chi connectivity index (χ3v) is 4.04. The van der Waals surface area contributed by atoms with Crippen LogP contribution < -0.4 is 14.8 Å². The number of aliphatic hydroxyl groups is 1. The van der Waals surface area contributed by atoms with Crippen LogP contribution in [-0.2, 0) is 6.54 Å². The second-order valence-corrected chi connectivity index (χ2v) is 5.85. The normalized spacial score (nSPS) is 16.9. The summed E-state index contributed by atoms with van der Waals surface area (Å²) in [6, 6.07) is 5.91. The Balaban J connectivity index is 2.07. The van der Waals surface area contributed by atoms with Crippen LogP contribution in [0, 0.1) is 0 Å². The molecule has 0 unspecified atom stereocenters. The molecular formula is C17H27NO3. The molecule has 0 saturated heterocycles. The first-order valence-corrected chi connectivity index (χ1v) is 7.90. The number of hydrogen-bond donors (Lipinski definition) is 2. The van der Waals surface area contributed by atoms with Gasteiger partial charge in [-0.1, -0.05) is 31.9 Å². The summed E-state index contributed by atoms with van der Waals surface area (Å²) in [5, 5.41) is 13.8. The molecule has 1 aromatic rings. The number of benzene rings is 1. The smallest absolute Gasteiger partial charge is 0.165 e. The molecule has 0 amide bonds. The summed E-state index contributed by atoms with van der Waals surface area (Å²) in [5.74, 6) is 1.48. The maximum atomic E-state index is 10.4. The van der Waals surface area contributed by atoms with E-state index in [-0.39, 0.29) is 0 Å². The van der Waals surface area contributed by atoms with Gasteiger partial charge < -0.3 is 19.9 Å². The zero-order valence-electron chi connectivity index (χ0n) is 13.2. The third-order valence-electron chi connectivity index (χ3n) is 4.04. The van der Waals surface area contributed by atoms with Crippen LogP contribution in [0.3, 0.4) is 0 Å². The van der Waals surface area contributed by atoms with E-state index in [1.54, 1.807) is 7.11 Å². The molecule has 0 bridgehead atoms. The number of methoxy groups -OCH3 is 1. The number of nitrogens with one attached hydrogen (secondary N) is 1. The van der Waals surface area contributed by atoms with Crippen molar-refractivity contribution in [3.8, 4) is 11.5 Å². The summed E-state index contributed by atoms with van der Waals surface area (Å²) < 4.78 is 11.4. The maximum absolute atomic E-state index is 10.4. The van der Waals surface area contributed by atoms with E-state index >= 15 is 0 Å². The lowest BCUT2D eigenvalue weighted by Gasteiger charge is -2.24. The summed E-state index contributed by atoms with van der Waals surface area (Å²) in [4.78, 5) is 0. The lowest BCUT2D eigenvalue weighted by atomic mass is 10.0. The number of ether oxygens (including phenoxy) is 2. The van der Waals surface area contributed by atoms with Gasteiger partial charge in [-0.2, -0.15) is 0 Å². The highest BCUT2D eigenvalue weighted by molar-refractivity contribution is 5.46. The Morgan fingerprint density at radius 2 is 2.05 bits per heavy atom. The summed E-state index contributed by atoms with van der Waals surface area (Å²) in [6.45, 7) is 4.21. The molecule has 1 aliphatic rings. The number of hydrogen-bond acceptors (Lipinski definition) is 4. The van der Waals surface area contributed by atoms with Crippen molar-refractivity contribution in [2.24, 2.45) is 0 Å². The van der Waals surface area contributed by atoms with Crippen LogP contribution in [0.2, 0.25) is 0 Å². The van der Waals surface area contributed by atoms with Crippen molar-refractivity contribution < 1.29 is 14.6 Å². The van der Waals surface area contributed by atoms with Crippen LogP contribution in [0.15, 0.2) is 18.2 Å². The Morgan fingerprint density at radius 3 is 2.71 bits per heavy atom. The van der Waals surface area contributed by atoms with Crippen LogP contribution >= 0.6 is 0 Å². The highest BCUT2D eigenvalue weighted by atomic mass is 16.5. The third kappa shape index (κ3) is 4.35. The Labute approximate surface area is 127 Å². The minimum Gasteiger partial charge on any atom is -0.493 e. The molecule has 118 valence electrons. The van der Waals surface area contributed by atoms with Gasteiger partial charge >= 0.3 is 0 Å². The zero-order valence-corrected chi connectivity index (χ0v) is 13.2. The molecule has 0 heterocycles. The van der Waals surface area contributed by atoms with Crippen molar-refractivity contribution in [2.75, 3.05) is 20.3 Å².